The number of halogens is 1. The Bertz CT molecular complexity index is 458. The number of nitrogens with zero attached hydrogens (tertiary/aromatic N) is 1. The fraction of sp³-hybridized carbons (Fsp3) is 0.222. The van der Waals surface area contributed by atoms with Gasteiger partial charge in [-0.2, -0.15) is 5.10 Å². The normalized spacial score (nSPS) is 13.9. The summed E-state index contributed by atoms with van der Waals surface area (Å²) in [6.45, 7) is 0. The largest absolute Gasteiger partial charge is 0.278 e. The van der Waals surface area contributed by atoms with Crippen LogP contribution in [0.4, 0.5) is 0 Å². The molecule has 0 aromatic carbocycles. The zero-order valence-electron chi connectivity index (χ0n) is 6.80. The number of nitrogens with one attached hydrogen (secondary N) is 1. The molecule has 2 aromatic rings. The lowest BCUT2D eigenvalue weighted by atomic mass is 9.98. The van der Waals surface area contributed by atoms with Gasteiger partial charge >= 0.3 is 0 Å². The molecular formula is C9H7ClN2S. The summed E-state index contributed by atoms with van der Waals surface area (Å²) < 4.78 is 0.868. The summed E-state index contributed by atoms with van der Waals surface area (Å²) in [5.74, 6) is 0. The van der Waals surface area contributed by atoms with Gasteiger partial charge in [0.05, 0.1) is 16.2 Å². The van der Waals surface area contributed by atoms with Crippen molar-refractivity contribution in [2.24, 2.45) is 0 Å². The number of aromatic nitrogens is 2. The molecule has 0 atom stereocenters. The summed E-state index contributed by atoms with van der Waals surface area (Å²) >= 11 is 7.64. The van der Waals surface area contributed by atoms with Crippen molar-refractivity contribution in [2.75, 3.05) is 0 Å². The molecule has 2 nitrogen and oxygen atoms in total. The van der Waals surface area contributed by atoms with E-state index < -0.39 is 0 Å². The summed E-state index contributed by atoms with van der Waals surface area (Å²) in [4.78, 5) is 1.38. The van der Waals surface area contributed by atoms with E-state index >= 15 is 0 Å². The van der Waals surface area contributed by atoms with E-state index in [4.69, 9.17) is 11.6 Å². The quantitative estimate of drug-likeness (QED) is 0.712. The Balaban J connectivity index is 2.29. The highest BCUT2D eigenvalue weighted by molar-refractivity contribution is 7.16. The molecule has 4 heteroatoms. The lowest BCUT2D eigenvalue weighted by Gasteiger charge is -2.09. The van der Waals surface area contributed by atoms with E-state index in [0.29, 0.717) is 0 Å². The maximum atomic E-state index is 5.97. The predicted molar refractivity (Wildman–Crippen MR) is 54.3 cm³/mol. The molecule has 0 saturated carbocycles. The van der Waals surface area contributed by atoms with Crippen LogP contribution in [0.3, 0.4) is 0 Å². The zero-order chi connectivity index (χ0) is 8.84. The van der Waals surface area contributed by atoms with E-state index in [-0.39, 0.29) is 0 Å². The second-order valence-corrected chi connectivity index (χ2v) is 4.93. The van der Waals surface area contributed by atoms with E-state index in [1.165, 1.54) is 16.0 Å². The van der Waals surface area contributed by atoms with Crippen LogP contribution >= 0.6 is 22.9 Å². The molecule has 66 valence electrons. The van der Waals surface area contributed by atoms with Gasteiger partial charge in [-0.05, 0) is 24.5 Å². The number of thiophene rings is 1. The molecule has 0 fully saturated rings. The molecule has 0 unspecified atom stereocenters. The van der Waals surface area contributed by atoms with Crippen LogP contribution in [0, 0.1) is 0 Å². The number of H-pyrrole nitrogens is 1. The van der Waals surface area contributed by atoms with Crippen LogP contribution in [0.2, 0.25) is 4.34 Å². The second kappa shape index (κ2) is 2.59. The van der Waals surface area contributed by atoms with E-state index in [0.717, 1.165) is 22.9 Å². The van der Waals surface area contributed by atoms with Gasteiger partial charge in [0.25, 0.3) is 0 Å². The summed E-state index contributed by atoms with van der Waals surface area (Å²) in [6, 6.07) is 2.03. The van der Waals surface area contributed by atoms with Crippen LogP contribution in [-0.2, 0) is 12.8 Å². The molecule has 1 aliphatic rings. The third-order valence-corrected chi connectivity index (χ3v) is 3.71. The molecular weight excluding hydrogens is 204 g/mol. The van der Waals surface area contributed by atoms with Crippen LogP contribution in [0.25, 0.3) is 11.3 Å². The maximum absolute atomic E-state index is 5.97. The number of hydrogen-bond donors (Lipinski definition) is 1. The average molecular weight is 211 g/mol. The minimum Gasteiger partial charge on any atom is -0.278 e. The Morgan fingerprint density at radius 2 is 2.38 bits per heavy atom. The third kappa shape index (κ3) is 1.04. The van der Waals surface area contributed by atoms with Crippen molar-refractivity contribution in [1.82, 2.24) is 10.2 Å². The molecule has 0 saturated heterocycles. The van der Waals surface area contributed by atoms with E-state index in [2.05, 4.69) is 10.2 Å². The van der Waals surface area contributed by atoms with E-state index in [1.54, 1.807) is 11.3 Å². The van der Waals surface area contributed by atoms with Crippen molar-refractivity contribution in [2.45, 2.75) is 12.8 Å². The van der Waals surface area contributed by atoms with Crippen LogP contribution in [0.1, 0.15) is 10.4 Å². The van der Waals surface area contributed by atoms with Crippen molar-refractivity contribution < 1.29 is 0 Å². The Labute approximate surface area is 84.6 Å². The Morgan fingerprint density at radius 3 is 3.31 bits per heavy atom. The maximum Gasteiger partial charge on any atom is 0.0938 e. The third-order valence-electron chi connectivity index (χ3n) is 2.39. The molecule has 0 amide bonds. The Morgan fingerprint density at radius 1 is 1.46 bits per heavy atom. The molecule has 2 aromatic heterocycles. The van der Waals surface area contributed by atoms with Gasteiger partial charge in [0.2, 0.25) is 0 Å². The monoisotopic (exact) mass is 210 g/mol. The molecule has 1 N–H and O–H groups in total. The van der Waals surface area contributed by atoms with Gasteiger partial charge in [-0.15, -0.1) is 11.3 Å². The van der Waals surface area contributed by atoms with Gasteiger partial charge in [-0.25, -0.2) is 0 Å². The molecule has 3 rings (SSSR count). The lowest BCUT2D eigenvalue weighted by molar-refractivity contribution is 0.964. The van der Waals surface area contributed by atoms with Crippen LogP contribution in [-0.4, -0.2) is 10.2 Å². The van der Waals surface area contributed by atoms with Gasteiger partial charge in [0, 0.05) is 10.4 Å². The molecule has 0 aliphatic heterocycles. The highest BCUT2D eigenvalue weighted by Crippen LogP contribution is 2.39. The van der Waals surface area contributed by atoms with Crippen LogP contribution in [0.5, 0.6) is 0 Å². The number of aromatic amines is 1. The van der Waals surface area contributed by atoms with Crippen LogP contribution in [0.15, 0.2) is 12.3 Å². The first-order chi connectivity index (χ1) is 6.34. The summed E-state index contributed by atoms with van der Waals surface area (Å²) in [5, 5.41) is 7.07. The van der Waals surface area contributed by atoms with E-state index in [9.17, 15) is 0 Å². The fourth-order valence-electron chi connectivity index (χ4n) is 1.78. The minimum absolute atomic E-state index is 0.868. The topological polar surface area (TPSA) is 28.7 Å². The second-order valence-electron chi connectivity index (χ2n) is 3.16. The fourth-order valence-corrected chi connectivity index (χ4v) is 3.05. The lowest BCUT2D eigenvalue weighted by Crippen LogP contribution is -1.98. The zero-order valence-corrected chi connectivity index (χ0v) is 8.37. The molecule has 13 heavy (non-hydrogen) atoms. The van der Waals surface area contributed by atoms with E-state index in [1.807, 2.05) is 12.3 Å². The number of hydrogen-bond acceptors (Lipinski definition) is 2. The SMILES string of the molecule is Clc1cc2c(s1)CCc1cn[nH]c1-2. The van der Waals surface area contributed by atoms with Gasteiger partial charge in [0.1, 0.15) is 0 Å². The summed E-state index contributed by atoms with van der Waals surface area (Å²) in [6.07, 6.45) is 4.08. The highest BCUT2D eigenvalue weighted by Gasteiger charge is 2.19. The van der Waals surface area contributed by atoms with Crippen LogP contribution < -0.4 is 0 Å². The molecule has 0 bridgehead atoms. The summed E-state index contributed by atoms with van der Waals surface area (Å²) in [7, 11) is 0. The predicted octanol–water partition coefficient (Wildman–Crippen LogP) is 2.89. The first-order valence-electron chi connectivity index (χ1n) is 4.15. The number of fused-ring (bicyclic) bond motifs is 3. The van der Waals surface area contributed by atoms with Crippen molar-refractivity contribution in [3.63, 3.8) is 0 Å². The highest BCUT2D eigenvalue weighted by atomic mass is 35.5. The number of rotatable bonds is 0. The van der Waals surface area contributed by atoms with Crippen molar-refractivity contribution in [1.29, 1.82) is 0 Å². The standard InChI is InChI=1S/C9H7ClN2S/c10-8-3-6-7(13-8)2-1-5-4-11-12-9(5)6/h3-4H,1-2H2,(H,11,12). The molecule has 2 heterocycles. The van der Waals surface area contributed by atoms with Crippen molar-refractivity contribution in [3.05, 3.63) is 27.0 Å². The average Bonchev–Trinajstić information content (AvgIpc) is 2.65. The van der Waals surface area contributed by atoms with Gasteiger partial charge in [-0.1, -0.05) is 11.6 Å². The van der Waals surface area contributed by atoms with Gasteiger partial charge in [0.15, 0.2) is 0 Å². The van der Waals surface area contributed by atoms with Crippen molar-refractivity contribution >= 4 is 22.9 Å². The minimum atomic E-state index is 0.868. The number of aryl methyl sites for hydroxylation is 2. The smallest absolute Gasteiger partial charge is 0.0938 e. The molecule has 0 spiro atoms. The molecule has 1 aliphatic carbocycles. The first kappa shape index (κ1) is 7.59. The Kier molecular flexibility index (Phi) is 1.51. The summed E-state index contributed by atoms with van der Waals surface area (Å²) in [5.41, 5.74) is 3.71. The Hall–Kier alpha value is -0.800. The van der Waals surface area contributed by atoms with Crippen molar-refractivity contribution in [3.8, 4) is 11.3 Å². The van der Waals surface area contributed by atoms with Gasteiger partial charge in [-0.3, -0.25) is 5.10 Å². The first-order valence-corrected chi connectivity index (χ1v) is 5.35. The molecule has 0 radical (unpaired) electrons. The van der Waals surface area contributed by atoms with Gasteiger partial charge < -0.3 is 0 Å².